The molecule has 34 heavy (non-hydrogen) atoms. The summed E-state index contributed by atoms with van der Waals surface area (Å²) < 4.78 is 5.89. The molecule has 0 saturated carbocycles. The van der Waals surface area contributed by atoms with Crippen molar-refractivity contribution in [1.29, 1.82) is 0 Å². The minimum Gasteiger partial charge on any atom is -0.476 e. The molecule has 9 heteroatoms. The number of carbonyl (C=O) groups is 1. The van der Waals surface area contributed by atoms with Gasteiger partial charge in [0, 0.05) is 22.3 Å². The van der Waals surface area contributed by atoms with E-state index in [1.807, 2.05) is 55.7 Å². The van der Waals surface area contributed by atoms with Crippen LogP contribution in [-0.2, 0) is 0 Å². The predicted octanol–water partition coefficient (Wildman–Crippen LogP) is 4.71. The number of nitrogens with one attached hydrogen (secondary N) is 1. The van der Waals surface area contributed by atoms with E-state index in [-0.39, 0.29) is 16.6 Å². The number of fused-ring (bicyclic) bond motifs is 1. The van der Waals surface area contributed by atoms with Gasteiger partial charge in [0.2, 0.25) is 5.88 Å². The maximum absolute atomic E-state index is 12.2. The highest BCUT2D eigenvalue weighted by molar-refractivity contribution is 8.02. The molecule has 3 aromatic heterocycles. The first kappa shape index (κ1) is 23.3. The van der Waals surface area contributed by atoms with E-state index >= 15 is 0 Å². The quantitative estimate of drug-likeness (QED) is 0.337. The maximum Gasteiger partial charge on any atom is 0.269 e. The number of anilines is 1. The number of H-pyrrole nitrogens is 1. The van der Waals surface area contributed by atoms with Crippen molar-refractivity contribution < 1.29 is 9.53 Å². The summed E-state index contributed by atoms with van der Waals surface area (Å²) in [6.07, 6.45) is 3.73. The first-order valence-electron chi connectivity index (χ1n) is 10.8. The molecule has 0 fully saturated rings. The Bertz CT molecular complexity index is 1380. The summed E-state index contributed by atoms with van der Waals surface area (Å²) in [6.45, 7) is 6.54. The monoisotopic (exact) mass is 474 g/mol. The normalized spacial score (nSPS) is 12.3. The zero-order valence-electron chi connectivity index (χ0n) is 19.2. The Morgan fingerprint density at radius 2 is 2.06 bits per heavy atom. The Hall–Kier alpha value is -3.85. The van der Waals surface area contributed by atoms with Gasteiger partial charge in [-0.25, -0.2) is 9.97 Å². The van der Waals surface area contributed by atoms with Gasteiger partial charge in [-0.1, -0.05) is 18.2 Å². The van der Waals surface area contributed by atoms with Crippen molar-refractivity contribution in [2.45, 2.75) is 26.0 Å². The molecule has 5 N–H and O–H groups in total. The molecule has 1 aromatic carbocycles. The van der Waals surface area contributed by atoms with Gasteiger partial charge in [-0.2, -0.15) is 5.10 Å². The first-order chi connectivity index (χ1) is 16.4. The maximum atomic E-state index is 12.2. The number of nitrogens with zero attached hydrogens (tertiary/aromatic N) is 3. The van der Waals surface area contributed by atoms with Gasteiger partial charge in [0.05, 0.1) is 28.8 Å². The number of pyridine rings is 2. The third-order valence-electron chi connectivity index (χ3n) is 5.29. The van der Waals surface area contributed by atoms with Crippen LogP contribution in [0.25, 0.3) is 33.4 Å². The molecule has 1 atom stereocenters. The van der Waals surface area contributed by atoms with Crippen molar-refractivity contribution in [2.24, 2.45) is 5.73 Å². The summed E-state index contributed by atoms with van der Waals surface area (Å²) in [6, 6.07) is 11.2. The summed E-state index contributed by atoms with van der Waals surface area (Å²) in [5.74, 6) is -0.237. The van der Waals surface area contributed by atoms with Crippen LogP contribution >= 0.6 is 11.8 Å². The highest BCUT2D eigenvalue weighted by Gasteiger charge is 2.20. The molecule has 1 amide bonds. The van der Waals surface area contributed by atoms with Crippen molar-refractivity contribution in [3.05, 3.63) is 65.3 Å². The Morgan fingerprint density at radius 1 is 1.24 bits per heavy atom. The van der Waals surface area contributed by atoms with Crippen molar-refractivity contribution in [3.8, 4) is 28.4 Å². The van der Waals surface area contributed by atoms with Gasteiger partial charge in [-0.3, -0.25) is 9.89 Å². The fourth-order valence-corrected chi connectivity index (χ4v) is 4.23. The number of thioether (sulfide) groups is 1. The molecule has 0 saturated heterocycles. The van der Waals surface area contributed by atoms with Crippen LogP contribution in [0.3, 0.4) is 0 Å². The minimum absolute atomic E-state index is 0.00288. The molecule has 0 radical (unpaired) electrons. The average Bonchev–Trinajstić information content (AvgIpc) is 3.30. The molecule has 3 heterocycles. The van der Waals surface area contributed by atoms with E-state index in [0.29, 0.717) is 29.4 Å². The zero-order chi connectivity index (χ0) is 24.2. The van der Waals surface area contributed by atoms with E-state index in [2.05, 4.69) is 27.1 Å². The number of allylic oxidation sites excluding steroid dienone is 1. The third-order valence-corrected chi connectivity index (χ3v) is 6.32. The van der Waals surface area contributed by atoms with Crippen LogP contribution in [0.4, 0.5) is 5.69 Å². The number of hydrogen-bond donors (Lipinski definition) is 3. The van der Waals surface area contributed by atoms with E-state index in [1.54, 1.807) is 24.0 Å². The molecule has 0 aliphatic carbocycles. The Kier molecular flexibility index (Phi) is 6.83. The largest absolute Gasteiger partial charge is 0.476 e. The number of amides is 1. The molecule has 4 rings (SSSR count). The topological polar surface area (TPSA) is 133 Å². The van der Waals surface area contributed by atoms with Crippen molar-refractivity contribution in [3.63, 3.8) is 0 Å². The highest BCUT2D eigenvalue weighted by atomic mass is 32.2. The smallest absolute Gasteiger partial charge is 0.269 e. The molecular formula is C25H26N6O2S. The lowest BCUT2D eigenvalue weighted by Crippen LogP contribution is -2.17. The predicted molar refractivity (Wildman–Crippen MR) is 138 cm³/mol. The van der Waals surface area contributed by atoms with E-state index in [4.69, 9.17) is 16.2 Å². The first-order valence-corrected chi connectivity index (χ1v) is 11.7. The third kappa shape index (κ3) is 4.74. The van der Waals surface area contributed by atoms with Gasteiger partial charge in [0.1, 0.15) is 6.61 Å². The molecule has 174 valence electrons. The van der Waals surface area contributed by atoms with Gasteiger partial charge in [-0.05, 0) is 55.5 Å². The molecule has 1 unspecified atom stereocenters. The van der Waals surface area contributed by atoms with E-state index in [1.165, 1.54) is 0 Å². The Morgan fingerprint density at radius 3 is 2.82 bits per heavy atom. The molecule has 0 spiro atoms. The fourth-order valence-electron chi connectivity index (χ4n) is 3.66. The number of nitrogen functional groups attached to an aromatic ring is 1. The highest BCUT2D eigenvalue weighted by Crippen LogP contribution is 2.37. The number of carbonyl (C=O) groups excluding carboxylic acids is 1. The number of nitrogens with two attached hydrogens (primary N) is 2. The lowest BCUT2D eigenvalue weighted by molar-refractivity contribution is 0.0996. The summed E-state index contributed by atoms with van der Waals surface area (Å²) in [5, 5.41) is 10.3. The number of aryl methyl sites for hydroxylation is 1. The second-order valence-electron chi connectivity index (χ2n) is 7.86. The molecule has 8 nitrogen and oxygen atoms in total. The average molecular weight is 475 g/mol. The fraction of sp³-hybridized carbons (Fsp3) is 0.200. The van der Waals surface area contributed by atoms with Gasteiger partial charge in [0.15, 0.2) is 5.69 Å². The van der Waals surface area contributed by atoms with Crippen LogP contribution in [0.1, 0.15) is 29.9 Å². The number of rotatable bonds is 8. The summed E-state index contributed by atoms with van der Waals surface area (Å²) >= 11 is 1.69. The molecule has 0 aliphatic heterocycles. The second kappa shape index (κ2) is 9.96. The van der Waals surface area contributed by atoms with Crippen LogP contribution in [0, 0.1) is 6.92 Å². The van der Waals surface area contributed by atoms with Crippen LogP contribution in [0.2, 0.25) is 0 Å². The molecule has 4 aromatic rings. The van der Waals surface area contributed by atoms with E-state index in [0.717, 1.165) is 22.0 Å². The summed E-state index contributed by atoms with van der Waals surface area (Å²) in [5.41, 5.74) is 16.6. The van der Waals surface area contributed by atoms with Gasteiger partial charge in [0.25, 0.3) is 5.91 Å². The Labute approximate surface area is 201 Å². The SMILES string of the molecule is C/C=C\SC(C)COc1cccc(-c2cc(-c3c(C)ccc4[nH]ncc34)c(N)c(C(N)=O)n2)n1. The van der Waals surface area contributed by atoms with Gasteiger partial charge in [-0.15, -0.1) is 11.8 Å². The summed E-state index contributed by atoms with van der Waals surface area (Å²) in [7, 11) is 0. The lowest BCUT2D eigenvalue weighted by atomic mass is 9.94. The number of hydrogen-bond acceptors (Lipinski definition) is 7. The summed E-state index contributed by atoms with van der Waals surface area (Å²) in [4.78, 5) is 21.3. The number of ether oxygens (including phenoxy) is 1. The molecular weight excluding hydrogens is 448 g/mol. The van der Waals surface area contributed by atoms with Crippen molar-refractivity contribution in [1.82, 2.24) is 20.2 Å². The van der Waals surface area contributed by atoms with Crippen LogP contribution in [0.15, 0.2) is 54.1 Å². The van der Waals surface area contributed by atoms with E-state index < -0.39 is 5.91 Å². The number of primary amides is 1. The Balaban J connectivity index is 1.78. The van der Waals surface area contributed by atoms with Gasteiger partial charge < -0.3 is 16.2 Å². The van der Waals surface area contributed by atoms with Gasteiger partial charge >= 0.3 is 0 Å². The standard InChI is InChI=1S/C25H26N6O2S/c1-4-10-34-15(3)13-33-21-7-5-6-19(29-21)20-11-16(23(26)24(30-20)25(27)32)22-14(2)8-9-18-17(22)12-28-31-18/h4-12,15H,13,26H2,1-3H3,(H2,27,32)(H,28,31)/b10-4-. The zero-order valence-corrected chi connectivity index (χ0v) is 20.0. The minimum atomic E-state index is -0.708. The number of aromatic amines is 1. The number of aromatic nitrogens is 4. The molecule has 0 bridgehead atoms. The van der Waals surface area contributed by atoms with Crippen molar-refractivity contribution >= 4 is 34.3 Å². The number of benzene rings is 1. The van der Waals surface area contributed by atoms with Crippen LogP contribution in [0.5, 0.6) is 5.88 Å². The van der Waals surface area contributed by atoms with Crippen molar-refractivity contribution in [2.75, 3.05) is 12.3 Å². The second-order valence-corrected chi connectivity index (χ2v) is 9.21. The van der Waals surface area contributed by atoms with Crippen LogP contribution < -0.4 is 16.2 Å². The van der Waals surface area contributed by atoms with E-state index in [9.17, 15) is 4.79 Å². The van der Waals surface area contributed by atoms with Crippen LogP contribution in [-0.4, -0.2) is 37.9 Å². The lowest BCUT2D eigenvalue weighted by Gasteiger charge is -2.15. The molecule has 0 aliphatic rings.